The Morgan fingerprint density at radius 2 is 1.89 bits per heavy atom. The Hall–Kier alpha value is -1.88. The van der Waals surface area contributed by atoms with Crippen molar-refractivity contribution in [2.24, 2.45) is 0 Å². The molecule has 5 nitrogen and oxygen atoms in total. The van der Waals surface area contributed by atoms with Gasteiger partial charge in [0, 0.05) is 57.7 Å². The van der Waals surface area contributed by atoms with E-state index in [4.69, 9.17) is 4.42 Å². The van der Waals surface area contributed by atoms with Crippen molar-refractivity contribution in [1.82, 2.24) is 14.9 Å². The summed E-state index contributed by atoms with van der Waals surface area (Å²) >= 11 is 0. The number of rotatable bonds is 3. The molecule has 0 atom stereocenters. The molecule has 0 unspecified atom stereocenters. The molecular weight excluding hydrogens is 240 g/mol. The van der Waals surface area contributed by atoms with Crippen molar-refractivity contribution >= 4 is 5.69 Å². The largest absolute Gasteiger partial charge is 0.449 e. The molecule has 5 heteroatoms. The minimum Gasteiger partial charge on any atom is -0.449 e. The molecule has 2 aromatic rings. The number of nitrogens with zero attached hydrogens (tertiary/aromatic N) is 4. The fourth-order valence-electron chi connectivity index (χ4n) is 2.43. The molecule has 3 heterocycles. The van der Waals surface area contributed by atoms with E-state index in [-0.39, 0.29) is 0 Å². The summed E-state index contributed by atoms with van der Waals surface area (Å²) in [6.07, 6.45) is 5.45. The van der Waals surface area contributed by atoms with Crippen LogP contribution in [0.15, 0.2) is 35.2 Å². The molecule has 0 saturated carbocycles. The van der Waals surface area contributed by atoms with Gasteiger partial charge in [0.2, 0.25) is 0 Å². The van der Waals surface area contributed by atoms with Gasteiger partial charge >= 0.3 is 0 Å². The van der Waals surface area contributed by atoms with E-state index in [1.165, 1.54) is 5.69 Å². The van der Waals surface area contributed by atoms with Gasteiger partial charge in [0.05, 0.1) is 5.69 Å². The van der Waals surface area contributed by atoms with Gasteiger partial charge in [-0.1, -0.05) is 0 Å². The Balaban J connectivity index is 1.55. The molecule has 3 rings (SSSR count). The smallest absolute Gasteiger partial charge is 0.191 e. The fourth-order valence-corrected chi connectivity index (χ4v) is 2.43. The Bertz CT molecular complexity index is 517. The average molecular weight is 258 g/mol. The molecule has 0 aliphatic carbocycles. The normalized spacial score (nSPS) is 16.8. The maximum Gasteiger partial charge on any atom is 0.191 e. The summed E-state index contributed by atoms with van der Waals surface area (Å²) < 4.78 is 5.24. The van der Waals surface area contributed by atoms with Crippen molar-refractivity contribution < 1.29 is 4.42 Å². The van der Waals surface area contributed by atoms with Gasteiger partial charge in [0.15, 0.2) is 5.89 Å². The summed E-state index contributed by atoms with van der Waals surface area (Å²) in [5, 5.41) is 0. The molecule has 0 radical (unpaired) electrons. The van der Waals surface area contributed by atoms with Crippen LogP contribution in [0.5, 0.6) is 0 Å². The van der Waals surface area contributed by atoms with Crippen LogP contribution in [0.2, 0.25) is 0 Å². The fraction of sp³-hybridized carbons (Fsp3) is 0.429. The van der Waals surface area contributed by atoms with Crippen LogP contribution in [0.3, 0.4) is 0 Å². The Labute approximate surface area is 112 Å². The Kier molecular flexibility index (Phi) is 3.46. The second kappa shape index (κ2) is 5.40. The number of oxazole rings is 1. The van der Waals surface area contributed by atoms with Crippen LogP contribution in [0, 0.1) is 6.92 Å². The zero-order valence-electron chi connectivity index (χ0n) is 11.1. The maximum atomic E-state index is 5.24. The van der Waals surface area contributed by atoms with E-state index >= 15 is 0 Å². The molecule has 100 valence electrons. The van der Waals surface area contributed by atoms with Crippen molar-refractivity contribution in [3.8, 4) is 0 Å². The summed E-state index contributed by atoms with van der Waals surface area (Å²) in [6.45, 7) is 6.94. The van der Waals surface area contributed by atoms with E-state index in [1.807, 2.05) is 19.3 Å². The first-order chi connectivity index (χ1) is 9.31. The van der Waals surface area contributed by atoms with E-state index in [0.29, 0.717) is 0 Å². The third-order valence-corrected chi connectivity index (χ3v) is 3.45. The summed E-state index contributed by atoms with van der Waals surface area (Å²) in [5.74, 6) is 0.741. The molecule has 0 aromatic carbocycles. The van der Waals surface area contributed by atoms with Gasteiger partial charge in [-0.15, -0.1) is 0 Å². The quantitative estimate of drug-likeness (QED) is 0.838. The van der Waals surface area contributed by atoms with Crippen LogP contribution in [0.1, 0.15) is 11.6 Å². The highest BCUT2D eigenvalue weighted by Crippen LogP contribution is 2.15. The van der Waals surface area contributed by atoms with Crippen molar-refractivity contribution in [2.45, 2.75) is 13.5 Å². The molecule has 0 spiro atoms. The van der Waals surface area contributed by atoms with Crippen LogP contribution in [-0.2, 0) is 6.54 Å². The minimum atomic E-state index is 0.741. The van der Waals surface area contributed by atoms with Crippen LogP contribution in [-0.4, -0.2) is 41.0 Å². The van der Waals surface area contributed by atoms with Gasteiger partial charge in [0.25, 0.3) is 0 Å². The SMILES string of the molecule is Cc1nc(CN2CCN(c3ccncc3)CC2)co1. The summed E-state index contributed by atoms with van der Waals surface area (Å²) in [7, 11) is 0. The van der Waals surface area contributed by atoms with Crippen molar-refractivity contribution in [3.63, 3.8) is 0 Å². The number of aromatic nitrogens is 2. The molecule has 0 N–H and O–H groups in total. The first kappa shape index (κ1) is 12.2. The Morgan fingerprint density at radius 1 is 1.16 bits per heavy atom. The summed E-state index contributed by atoms with van der Waals surface area (Å²) in [4.78, 5) is 13.2. The predicted octanol–water partition coefficient (Wildman–Crippen LogP) is 1.70. The Morgan fingerprint density at radius 3 is 2.53 bits per heavy atom. The zero-order valence-corrected chi connectivity index (χ0v) is 11.1. The molecule has 1 aliphatic rings. The third-order valence-electron chi connectivity index (χ3n) is 3.45. The zero-order chi connectivity index (χ0) is 13.1. The van der Waals surface area contributed by atoms with Gasteiger partial charge in [-0.05, 0) is 12.1 Å². The third kappa shape index (κ3) is 2.93. The number of aryl methyl sites for hydroxylation is 1. The van der Waals surface area contributed by atoms with Crippen molar-refractivity contribution in [3.05, 3.63) is 42.4 Å². The number of hydrogen-bond acceptors (Lipinski definition) is 5. The van der Waals surface area contributed by atoms with E-state index < -0.39 is 0 Å². The first-order valence-electron chi connectivity index (χ1n) is 6.59. The van der Waals surface area contributed by atoms with Crippen LogP contribution < -0.4 is 4.90 Å². The highest BCUT2D eigenvalue weighted by Gasteiger charge is 2.18. The van der Waals surface area contributed by atoms with E-state index in [1.54, 1.807) is 6.26 Å². The van der Waals surface area contributed by atoms with Crippen molar-refractivity contribution in [2.75, 3.05) is 31.1 Å². The molecule has 0 amide bonds. The molecule has 19 heavy (non-hydrogen) atoms. The number of hydrogen-bond donors (Lipinski definition) is 0. The van der Waals surface area contributed by atoms with E-state index in [2.05, 4.69) is 31.9 Å². The molecule has 0 bridgehead atoms. The number of anilines is 1. The number of piperazine rings is 1. The first-order valence-corrected chi connectivity index (χ1v) is 6.59. The second-order valence-corrected chi connectivity index (χ2v) is 4.83. The predicted molar refractivity (Wildman–Crippen MR) is 73.0 cm³/mol. The van der Waals surface area contributed by atoms with Crippen LogP contribution in [0.4, 0.5) is 5.69 Å². The second-order valence-electron chi connectivity index (χ2n) is 4.83. The van der Waals surface area contributed by atoms with E-state index in [0.717, 1.165) is 44.3 Å². The van der Waals surface area contributed by atoms with Crippen LogP contribution >= 0.6 is 0 Å². The van der Waals surface area contributed by atoms with Gasteiger partial charge in [0.1, 0.15) is 6.26 Å². The van der Waals surface area contributed by atoms with Gasteiger partial charge in [-0.25, -0.2) is 4.98 Å². The lowest BCUT2D eigenvalue weighted by Gasteiger charge is -2.35. The molecule has 1 aliphatic heterocycles. The standard InChI is InChI=1S/C14H18N4O/c1-12-16-13(11-19-12)10-17-6-8-18(9-7-17)14-2-4-15-5-3-14/h2-5,11H,6-10H2,1H3. The monoisotopic (exact) mass is 258 g/mol. The lowest BCUT2D eigenvalue weighted by atomic mass is 10.2. The summed E-state index contributed by atoms with van der Waals surface area (Å²) in [5.41, 5.74) is 2.28. The highest BCUT2D eigenvalue weighted by atomic mass is 16.3. The lowest BCUT2D eigenvalue weighted by molar-refractivity contribution is 0.247. The van der Waals surface area contributed by atoms with Gasteiger partial charge < -0.3 is 9.32 Å². The van der Waals surface area contributed by atoms with Gasteiger partial charge in [-0.2, -0.15) is 0 Å². The molecular formula is C14H18N4O. The van der Waals surface area contributed by atoms with E-state index in [9.17, 15) is 0 Å². The van der Waals surface area contributed by atoms with Crippen LogP contribution in [0.25, 0.3) is 0 Å². The minimum absolute atomic E-state index is 0.741. The molecule has 1 fully saturated rings. The highest BCUT2D eigenvalue weighted by molar-refractivity contribution is 5.44. The topological polar surface area (TPSA) is 45.4 Å². The maximum absolute atomic E-state index is 5.24. The lowest BCUT2D eigenvalue weighted by Crippen LogP contribution is -2.46. The van der Waals surface area contributed by atoms with Gasteiger partial charge in [-0.3, -0.25) is 9.88 Å². The summed E-state index contributed by atoms with van der Waals surface area (Å²) in [6, 6.07) is 4.13. The van der Waals surface area contributed by atoms with Crippen molar-refractivity contribution in [1.29, 1.82) is 0 Å². The molecule has 1 saturated heterocycles. The number of pyridine rings is 1. The average Bonchev–Trinajstić information content (AvgIpc) is 2.86. The molecule has 2 aromatic heterocycles.